The van der Waals surface area contributed by atoms with Crippen LogP contribution >= 0.6 is 0 Å². The number of hydrogen-bond donors (Lipinski definition) is 1. The van der Waals surface area contributed by atoms with Crippen LogP contribution in [0.15, 0.2) is 10.5 Å². The lowest BCUT2D eigenvalue weighted by molar-refractivity contribution is -0.218. The summed E-state index contributed by atoms with van der Waals surface area (Å²) in [6, 6.07) is 2.29. The van der Waals surface area contributed by atoms with Gasteiger partial charge in [-0.05, 0) is 38.3 Å². The van der Waals surface area contributed by atoms with Gasteiger partial charge in [-0.25, -0.2) is 0 Å². The predicted molar refractivity (Wildman–Crippen MR) is 63.6 cm³/mol. The molecular weight excluding hydrogens is 259 g/mol. The minimum absolute atomic E-state index is 0.162. The number of halogens is 3. The van der Waals surface area contributed by atoms with Gasteiger partial charge in [0.2, 0.25) is 0 Å². The normalized spacial score (nSPS) is 17.7. The Labute approximate surface area is 110 Å². The van der Waals surface area contributed by atoms with Crippen molar-refractivity contribution in [2.24, 2.45) is 0 Å². The van der Waals surface area contributed by atoms with Gasteiger partial charge in [0.05, 0.1) is 6.54 Å². The van der Waals surface area contributed by atoms with Crippen molar-refractivity contribution in [1.29, 1.82) is 0 Å². The van der Waals surface area contributed by atoms with Crippen LogP contribution in [0.4, 0.5) is 13.2 Å². The lowest BCUT2D eigenvalue weighted by Crippen LogP contribution is -2.28. The number of rotatable bonds is 6. The van der Waals surface area contributed by atoms with E-state index in [-0.39, 0.29) is 6.61 Å². The van der Waals surface area contributed by atoms with E-state index in [2.05, 4.69) is 5.32 Å². The molecule has 19 heavy (non-hydrogen) atoms. The molecule has 1 N–H and O–H groups in total. The van der Waals surface area contributed by atoms with Crippen molar-refractivity contribution in [3.05, 3.63) is 23.2 Å². The number of furan rings is 1. The molecule has 1 saturated carbocycles. The molecule has 0 saturated heterocycles. The van der Waals surface area contributed by atoms with E-state index in [4.69, 9.17) is 9.15 Å². The fraction of sp³-hybridized carbons (Fsp3) is 0.692. The van der Waals surface area contributed by atoms with Gasteiger partial charge in [0.25, 0.3) is 0 Å². The Morgan fingerprint density at radius 3 is 2.74 bits per heavy atom. The largest absolute Gasteiger partial charge is 0.462 e. The quantitative estimate of drug-likeness (QED) is 0.866. The van der Waals surface area contributed by atoms with Gasteiger partial charge in [-0.2, -0.15) is 13.2 Å². The van der Waals surface area contributed by atoms with Gasteiger partial charge in [0, 0.05) is 6.04 Å². The third-order valence-corrected chi connectivity index (χ3v) is 3.14. The standard InChI is InChI=1S/C13H18F3NO2/c1-8-5-11(7-18-9(2)13(14,15)16)19-12(8)6-17-10-3-4-10/h5,9-10,17H,3-4,6-7H2,1-2H3. The summed E-state index contributed by atoms with van der Waals surface area (Å²) >= 11 is 0. The zero-order valence-electron chi connectivity index (χ0n) is 11.0. The summed E-state index contributed by atoms with van der Waals surface area (Å²) < 4.78 is 47.1. The summed E-state index contributed by atoms with van der Waals surface area (Å²) in [5, 5.41) is 3.30. The van der Waals surface area contributed by atoms with Gasteiger partial charge in [-0.3, -0.25) is 0 Å². The predicted octanol–water partition coefficient (Wildman–Crippen LogP) is 3.31. The Hall–Kier alpha value is -1.01. The summed E-state index contributed by atoms with van der Waals surface area (Å²) in [6.07, 6.45) is -3.76. The van der Waals surface area contributed by atoms with Gasteiger partial charge >= 0.3 is 6.18 Å². The Morgan fingerprint density at radius 2 is 2.16 bits per heavy atom. The summed E-state index contributed by atoms with van der Waals surface area (Å²) in [6.45, 7) is 3.33. The molecule has 1 aromatic rings. The smallest absolute Gasteiger partial charge is 0.414 e. The summed E-state index contributed by atoms with van der Waals surface area (Å²) in [5.74, 6) is 1.20. The molecule has 0 bridgehead atoms. The second kappa shape index (κ2) is 5.54. The van der Waals surface area contributed by atoms with E-state index < -0.39 is 12.3 Å². The Balaban J connectivity index is 1.84. The van der Waals surface area contributed by atoms with Gasteiger partial charge in [-0.1, -0.05) is 0 Å². The molecule has 0 radical (unpaired) electrons. The Bertz CT molecular complexity index is 424. The van der Waals surface area contributed by atoms with E-state index in [1.54, 1.807) is 6.07 Å². The number of ether oxygens (including phenoxy) is 1. The van der Waals surface area contributed by atoms with E-state index in [1.807, 2.05) is 6.92 Å². The third kappa shape index (κ3) is 4.24. The van der Waals surface area contributed by atoms with Crippen LogP contribution in [0.5, 0.6) is 0 Å². The van der Waals surface area contributed by atoms with Crippen molar-refractivity contribution >= 4 is 0 Å². The van der Waals surface area contributed by atoms with Crippen LogP contribution in [-0.4, -0.2) is 18.3 Å². The molecule has 0 amide bonds. The van der Waals surface area contributed by atoms with Crippen molar-refractivity contribution in [1.82, 2.24) is 5.32 Å². The maximum Gasteiger partial charge on any atom is 0.414 e. The topological polar surface area (TPSA) is 34.4 Å². The Morgan fingerprint density at radius 1 is 1.47 bits per heavy atom. The highest BCUT2D eigenvalue weighted by molar-refractivity contribution is 5.19. The summed E-state index contributed by atoms with van der Waals surface area (Å²) in [4.78, 5) is 0. The minimum atomic E-state index is -4.34. The van der Waals surface area contributed by atoms with Crippen molar-refractivity contribution in [2.75, 3.05) is 0 Å². The first-order valence-electron chi connectivity index (χ1n) is 6.36. The second-order valence-electron chi connectivity index (χ2n) is 4.97. The van der Waals surface area contributed by atoms with Crippen LogP contribution < -0.4 is 5.32 Å². The van der Waals surface area contributed by atoms with Crippen LogP contribution in [0.25, 0.3) is 0 Å². The minimum Gasteiger partial charge on any atom is -0.462 e. The monoisotopic (exact) mass is 277 g/mol. The maximum absolute atomic E-state index is 12.3. The van der Waals surface area contributed by atoms with Crippen molar-refractivity contribution in [3.63, 3.8) is 0 Å². The first-order valence-corrected chi connectivity index (χ1v) is 6.36. The molecule has 3 nitrogen and oxygen atoms in total. The van der Waals surface area contributed by atoms with E-state index >= 15 is 0 Å². The zero-order chi connectivity index (χ0) is 14.0. The molecule has 1 unspecified atom stereocenters. The molecule has 1 atom stereocenters. The second-order valence-corrected chi connectivity index (χ2v) is 4.97. The molecular formula is C13H18F3NO2. The molecule has 108 valence electrons. The van der Waals surface area contributed by atoms with Crippen LogP contribution in [-0.2, 0) is 17.9 Å². The third-order valence-electron chi connectivity index (χ3n) is 3.14. The lowest BCUT2D eigenvalue weighted by atomic mass is 10.2. The Kier molecular flexibility index (Phi) is 4.20. The van der Waals surface area contributed by atoms with Gasteiger partial charge in [0.1, 0.15) is 18.1 Å². The van der Waals surface area contributed by atoms with E-state index in [1.165, 1.54) is 12.8 Å². The van der Waals surface area contributed by atoms with Crippen LogP contribution in [0.1, 0.15) is 36.8 Å². The SMILES string of the molecule is Cc1cc(COC(C)C(F)(F)F)oc1CNC1CC1. The molecule has 1 heterocycles. The zero-order valence-corrected chi connectivity index (χ0v) is 11.0. The maximum atomic E-state index is 12.3. The first-order chi connectivity index (χ1) is 8.86. The van der Waals surface area contributed by atoms with Crippen molar-refractivity contribution < 1.29 is 22.3 Å². The molecule has 1 aromatic heterocycles. The van der Waals surface area contributed by atoms with Crippen LogP contribution in [0, 0.1) is 6.92 Å². The van der Waals surface area contributed by atoms with Gasteiger partial charge < -0.3 is 14.5 Å². The summed E-state index contributed by atoms with van der Waals surface area (Å²) in [7, 11) is 0. The first kappa shape index (κ1) is 14.4. The van der Waals surface area contributed by atoms with Gasteiger partial charge in [0.15, 0.2) is 6.10 Å². The molecule has 1 aliphatic carbocycles. The molecule has 1 fully saturated rings. The average Bonchev–Trinajstić information content (AvgIpc) is 3.07. The number of nitrogens with one attached hydrogen (secondary N) is 1. The van der Waals surface area contributed by atoms with Gasteiger partial charge in [-0.15, -0.1) is 0 Å². The molecule has 0 aliphatic heterocycles. The number of aryl methyl sites for hydroxylation is 1. The highest BCUT2D eigenvalue weighted by atomic mass is 19.4. The van der Waals surface area contributed by atoms with E-state index in [0.29, 0.717) is 18.3 Å². The molecule has 0 spiro atoms. The van der Waals surface area contributed by atoms with Crippen LogP contribution in [0.2, 0.25) is 0 Å². The van der Waals surface area contributed by atoms with E-state index in [0.717, 1.165) is 18.2 Å². The molecule has 2 rings (SSSR count). The number of hydrogen-bond acceptors (Lipinski definition) is 3. The fourth-order valence-electron chi connectivity index (χ4n) is 1.66. The fourth-order valence-corrected chi connectivity index (χ4v) is 1.66. The average molecular weight is 277 g/mol. The lowest BCUT2D eigenvalue weighted by Gasteiger charge is -2.15. The van der Waals surface area contributed by atoms with Crippen molar-refractivity contribution in [3.8, 4) is 0 Å². The van der Waals surface area contributed by atoms with E-state index in [9.17, 15) is 13.2 Å². The molecule has 0 aromatic carbocycles. The van der Waals surface area contributed by atoms with Crippen LogP contribution in [0.3, 0.4) is 0 Å². The number of alkyl halides is 3. The molecule has 6 heteroatoms. The highest BCUT2D eigenvalue weighted by Crippen LogP contribution is 2.25. The highest BCUT2D eigenvalue weighted by Gasteiger charge is 2.37. The molecule has 1 aliphatic rings. The summed E-state index contributed by atoms with van der Waals surface area (Å²) in [5.41, 5.74) is 0.936. The van der Waals surface area contributed by atoms with Crippen molar-refractivity contribution in [2.45, 2.75) is 58.2 Å².